The molecule has 0 aliphatic heterocycles. The van der Waals surface area contributed by atoms with Gasteiger partial charge in [0.1, 0.15) is 0 Å². The maximum Gasteiger partial charge on any atom is 0.155 e. The Bertz CT molecular complexity index is 594. The van der Waals surface area contributed by atoms with Crippen molar-refractivity contribution >= 4 is 5.78 Å². The van der Waals surface area contributed by atoms with E-state index in [9.17, 15) is 15.0 Å². The first-order valence-corrected chi connectivity index (χ1v) is 9.87. The van der Waals surface area contributed by atoms with Crippen molar-refractivity contribution < 1.29 is 15.0 Å². The fraction of sp³-hybridized carbons (Fsp3) is 0.857. The monoisotopic (exact) mass is 332 g/mol. The Morgan fingerprint density at radius 2 is 1.79 bits per heavy atom. The SMILES string of the molecule is C[C@@H](O)[C@@]1(O)CC[C@H]2[C@@H]3CCC4=CC(=O)CC[C@]4(C)[C@H]3CC[C@@]21C. The second kappa shape index (κ2) is 5.17. The summed E-state index contributed by atoms with van der Waals surface area (Å²) in [5.41, 5.74) is 0.489. The van der Waals surface area contributed by atoms with Gasteiger partial charge in [0.25, 0.3) is 0 Å². The van der Waals surface area contributed by atoms with E-state index in [1.807, 2.05) is 6.08 Å². The second-order valence-electron chi connectivity index (χ2n) is 9.56. The molecule has 0 unspecified atom stereocenters. The molecule has 0 heterocycles. The maximum atomic E-state index is 11.9. The molecule has 2 N–H and O–H groups in total. The zero-order valence-electron chi connectivity index (χ0n) is 15.3. The molecule has 3 saturated carbocycles. The molecule has 0 aromatic heterocycles. The summed E-state index contributed by atoms with van der Waals surface area (Å²) in [6.07, 6.45) is 9.07. The first-order chi connectivity index (χ1) is 11.2. The minimum Gasteiger partial charge on any atom is -0.390 e. The Morgan fingerprint density at radius 3 is 2.50 bits per heavy atom. The predicted octanol–water partition coefficient (Wildman–Crippen LogP) is 3.63. The molecule has 3 nitrogen and oxygen atoms in total. The molecule has 4 aliphatic rings. The number of hydrogen-bond acceptors (Lipinski definition) is 3. The Kier molecular flexibility index (Phi) is 3.61. The van der Waals surface area contributed by atoms with E-state index in [2.05, 4.69) is 13.8 Å². The molecule has 0 radical (unpaired) electrons. The number of rotatable bonds is 1. The number of carbonyl (C=O) groups is 1. The van der Waals surface area contributed by atoms with Crippen molar-refractivity contribution in [3.05, 3.63) is 11.6 Å². The Hall–Kier alpha value is -0.670. The molecule has 0 aromatic rings. The number of aliphatic hydroxyl groups is 2. The summed E-state index contributed by atoms with van der Waals surface area (Å²) in [5.74, 6) is 2.09. The highest BCUT2D eigenvalue weighted by atomic mass is 16.3. The molecule has 3 fully saturated rings. The van der Waals surface area contributed by atoms with Crippen molar-refractivity contribution in [2.24, 2.45) is 28.6 Å². The van der Waals surface area contributed by atoms with E-state index in [1.54, 1.807) is 6.92 Å². The van der Waals surface area contributed by atoms with Crippen LogP contribution in [0.15, 0.2) is 11.6 Å². The van der Waals surface area contributed by atoms with Crippen LogP contribution in [0.2, 0.25) is 0 Å². The highest BCUT2D eigenvalue weighted by Gasteiger charge is 2.65. The van der Waals surface area contributed by atoms with Gasteiger partial charge in [-0.1, -0.05) is 19.4 Å². The van der Waals surface area contributed by atoms with Crippen LogP contribution in [0.3, 0.4) is 0 Å². The summed E-state index contributed by atoms with van der Waals surface area (Å²) in [5, 5.41) is 21.5. The maximum absolute atomic E-state index is 11.9. The van der Waals surface area contributed by atoms with E-state index in [4.69, 9.17) is 0 Å². The lowest BCUT2D eigenvalue weighted by Gasteiger charge is -2.59. The molecule has 0 spiro atoms. The van der Waals surface area contributed by atoms with Crippen LogP contribution in [0.4, 0.5) is 0 Å². The van der Waals surface area contributed by atoms with E-state index >= 15 is 0 Å². The smallest absolute Gasteiger partial charge is 0.155 e. The van der Waals surface area contributed by atoms with Crippen molar-refractivity contribution in [3.8, 4) is 0 Å². The quantitative estimate of drug-likeness (QED) is 0.771. The Labute approximate surface area is 145 Å². The standard InChI is InChI=1S/C21H32O3/c1-13(22)21(24)11-8-18-16-5-4-14-12-15(23)6-9-19(14,2)17(16)7-10-20(18,21)3/h12-13,16-18,22,24H,4-11H2,1-3H3/t13-,16-,17+,18+,19+,20+,21+/m1/s1. The first kappa shape index (κ1) is 16.8. The van der Waals surface area contributed by atoms with Crippen molar-refractivity contribution in [2.75, 3.05) is 0 Å². The summed E-state index contributed by atoms with van der Waals surface area (Å²) in [4.78, 5) is 11.9. The summed E-state index contributed by atoms with van der Waals surface area (Å²) >= 11 is 0. The summed E-state index contributed by atoms with van der Waals surface area (Å²) in [6.45, 7) is 6.38. The molecule has 0 amide bonds. The van der Waals surface area contributed by atoms with E-state index in [0.29, 0.717) is 30.0 Å². The number of hydrogen-bond donors (Lipinski definition) is 2. The Balaban J connectivity index is 1.69. The molecular weight excluding hydrogens is 300 g/mol. The zero-order chi connectivity index (χ0) is 17.3. The topological polar surface area (TPSA) is 57.5 Å². The number of carbonyl (C=O) groups excluding carboxylic acids is 1. The van der Waals surface area contributed by atoms with Crippen molar-refractivity contribution in [2.45, 2.75) is 83.8 Å². The number of ketones is 1. The van der Waals surface area contributed by atoms with Crippen molar-refractivity contribution in [3.63, 3.8) is 0 Å². The van der Waals surface area contributed by atoms with E-state index in [0.717, 1.165) is 44.9 Å². The van der Waals surface area contributed by atoms with Gasteiger partial charge in [-0.3, -0.25) is 4.79 Å². The van der Waals surface area contributed by atoms with E-state index < -0.39 is 11.7 Å². The second-order valence-corrected chi connectivity index (χ2v) is 9.56. The molecule has 0 saturated heterocycles. The number of fused-ring (bicyclic) bond motifs is 5. The van der Waals surface area contributed by atoms with Gasteiger partial charge in [0, 0.05) is 11.8 Å². The fourth-order valence-electron chi connectivity index (χ4n) is 7.30. The third kappa shape index (κ3) is 1.94. The lowest BCUT2D eigenvalue weighted by molar-refractivity contribution is -0.171. The van der Waals surface area contributed by atoms with Crippen LogP contribution in [0, 0.1) is 28.6 Å². The molecule has 0 aromatic carbocycles. The van der Waals surface area contributed by atoms with Crippen LogP contribution >= 0.6 is 0 Å². The molecular formula is C21H32O3. The van der Waals surface area contributed by atoms with Gasteiger partial charge in [-0.15, -0.1) is 0 Å². The van der Waals surface area contributed by atoms with Crippen LogP contribution in [0.25, 0.3) is 0 Å². The van der Waals surface area contributed by atoms with Gasteiger partial charge in [0.05, 0.1) is 11.7 Å². The number of allylic oxidation sites excluding steroid dienone is 1. The first-order valence-electron chi connectivity index (χ1n) is 9.87. The molecule has 134 valence electrons. The van der Waals surface area contributed by atoms with Gasteiger partial charge in [-0.05, 0) is 81.1 Å². The summed E-state index contributed by atoms with van der Waals surface area (Å²) in [6, 6.07) is 0. The van der Waals surface area contributed by atoms with Crippen LogP contribution < -0.4 is 0 Å². The van der Waals surface area contributed by atoms with Crippen molar-refractivity contribution in [1.82, 2.24) is 0 Å². The molecule has 4 rings (SSSR count). The average Bonchev–Trinajstić information content (AvgIpc) is 2.81. The van der Waals surface area contributed by atoms with Gasteiger partial charge in [0.2, 0.25) is 0 Å². The highest BCUT2D eigenvalue weighted by Crippen LogP contribution is 2.67. The van der Waals surface area contributed by atoms with Crippen LogP contribution in [-0.2, 0) is 4.79 Å². The van der Waals surface area contributed by atoms with E-state index in [-0.39, 0.29) is 10.8 Å². The van der Waals surface area contributed by atoms with Gasteiger partial charge in [0.15, 0.2) is 5.78 Å². The molecule has 0 bridgehead atoms. The molecule has 24 heavy (non-hydrogen) atoms. The Morgan fingerprint density at radius 1 is 1.08 bits per heavy atom. The lowest BCUT2D eigenvalue weighted by atomic mass is 9.46. The third-order valence-corrected chi connectivity index (χ3v) is 8.87. The summed E-state index contributed by atoms with van der Waals surface area (Å²) in [7, 11) is 0. The summed E-state index contributed by atoms with van der Waals surface area (Å²) < 4.78 is 0. The molecule has 7 atom stereocenters. The minimum atomic E-state index is -0.928. The largest absolute Gasteiger partial charge is 0.390 e. The van der Waals surface area contributed by atoms with Crippen LogP contribution in [-0.4, -0.2) is 27.7 Å². The minimum absolute atomic E-state index is 0.162. The zero-order valence-corrected chi connectivity index (χ0v) is 15.3. The van der Waals surface area contributed by atoms with Gasteiger partial charge >= 0.3 is 0 Å². The molecule has 4 aliphatic carbocycles. The fourth-order valence-corrected chi connectivity index (χ4v) is 7.30. The van der Waals surface area contributed by atoms with Gasteiger partial charge in [-0.25, -0.2) is 0 Å². The molecule has 3 heteroatoms. The van der Waals surface area contributed by atoms with Crippen molar-refractivity contribution in [1.29, 1.82) is 0 Å². The van der Waals surface area contributed by atoms with Gasteiger partial charge in [-0.2, -0.15) is 0 Å². The lowest BCUT2D eigenvalue weighted by Crippen LogP contribution is -2.58. The third-order valence-electron chi connectivity index (χ3n) is 8.87. The average molecular weight is 332 g/mol. The predicted molar refractivity (Wildman–Crippen MR) is 93.3 cm³/mol. The number of aliphatic hydroxyl groups excluding tert-OH is 1. The normalized spacial score (nSPS) is 52.1. The van der Waals surface area contributed by atoms with E-state index in [1.165, 1.54) is 5.57 Å². The van der Waals surface area contributed by atoms with Crippen LogP contribution in [0.1, 0.15) is 72.1 Å². The van der Waals surface area contributed by atoms with Gasteiger partial charge < -0.3 is 10.2 Å². The van der Waals surface area contributed by atoms with Crippen LogP contribution in [0.5, 0.6) is 0 Å². The highest BCUT2D eigenvalue weighted by molar-refractivity contribution is 5.91.